The van der Waals surface area contributed by atoms with Gasteiger partial charge in [0.15, 0.2) is 0 Å². The largest absolute Gasteiger partial charge is 0.326 e. The zero-order valence-electron chi connectivity index (χ0n) is 14.4. The number of pyridine rings is 1. The number of carbonyl (C=O) groups excluding carboxylic acids is 1. The lowest BCUT2D eigenvalue weighted by Crippen LogP contribution is -2.14. The molecule has 0 bridgehead atoms. The average molecular weight is 351 g/mol. The molecule has 3 rings (SSSR count). The van der Waals surface area contributed by atoms with Crippen LogP contribution in [-0.4, -0.2) is 15.9 Å². The first kappa shape index (κ1) is 17.3. The molecule has 0 fully saturated rings. The molecule has 5 heteroatoms. The van der Waals surface area contributed by atoms with Gasteiger partial charge in [-0.25, -0.2) is 4.98 Å². The number of nitrogens with zero attached hydrogens (tertiary/aromatic N) is 2. The zero-order valence-corrected chi connectivity index (χ0v) is 15.2. The quantitative estimate of drug-likeness (QED) is 0.687. The van der Waals surface area contributed by atoms with Crippen molar-refractivity contribution in [2.75, 3.05) is 5.32 Å². The number of rotatable bonds is 6. The van der Waals surface area contributed by atoms with Crippen LogP contribution in [0, 0.1) is 0 Å². The van der Waals surface area contributed by atoms with Gasteiger partial charge in [-0.15, -0.1) is 11.3 Å². The van der Waals surface area contributed by atoms with Crippen molar-refractivity contribution in [2.24, 2.45) is 0 Å². The van der Waals surface area contributed by atoms with Crippen molar-refractivity contribution in [3.05, 3.63) is 64.6 Å². The van der Waals surface area contributed by atoms with Crippen molar-refractivity contribution in [3.8, 4) is 11.4 Å². The lowest BCUT2D eigenvalue weighted by Gasteiger charge is -2.13. The third kappa shape index (κ3) is 4.51. The van der Waals surface area contributed by atoms with E-state index in [0.717, 1.165) is 27.6 Å². The Hall–Kier alpha value is -2.53. The fourth-order valence-corrected chi connectivity index (χ4v) is 3.40. The van der Waals surface area contributed by atoms with Gasteiger partial charge in [-0.2, -0.15) is 0 Å². The number of benzene rings is 1. The molecular formula is C20H21N3OS. The first-order valence-corrected chi connectivity index (χ1v) is 9.26. The maximum Gasteiger partial charge on any atom is 0.224 e. The molecule has 25 heavy (non-hydrogen) atoms. The second kappa shape index (κ2) is 8.03. The van der Waals surface area contributed by atoms with E-state index in [9.17, 15) is 4.79 Å². The molecule has 0 saturated heterocycles. The summed E-state index contributed by atoms with van der Waals surface area (Å²) in [4.78, 5) is 21.2. The smallest absolute Gasteiger partial charge is 0.224 e. The Morgan fingerprint density at radius 1 is 1.12 bits per heavy atom. The molecule has 0 atom stereocenters. The maximum absolute atomic E-state index is 12.3. The van der Waals surface area contributed by atoms with Gasteiger partial charge in [0.1, 0.15) is 0 Å². The summed E-state index contributed by atoms with van der Waals surface area (Å²) in [7, 11) is 0. The highest BCUT2D eigenvalue weighted by atomic mass is 32.1. The monoisotopic (exact) mass is 351 g/mol. The number of anilines is 1. The van der Waals surface area contributed by atoms with E-state index in [2.05, 4.69) is 35.2 Å². The van der Waals surface area contributed by atoms with Gasteiger partial charge in [0.2, 0.25) is 5.91 Å². The fraction of sp³-hybridized carbons (Fsp3) is 0.250. The van der Waals surface area contributed by atoms with Gasteiger partial charge < -0.3 is 5.32 Å². The van der Waals surface area contributed by atoms with Crippen LogP contribution in [0.15, 0.2) is 54.0 Å². The molecule has 3 aromatic rings. The minimum atomic E-state index is 0.0164. The first-order chi connectivity index (χ1) is 12.1. The van der Waals surface area contributed by atoms with Gasteiger partial charge in [0, 0.05) is 30.1 Å². The Kier molecular flexibility index (Phi) is 5.56. The van der Waals surface area contributed by atoms with Gasteiger partial charge >= 0.3 is 0 Å². The van der Waals surface area contributed by atoms with Crippen molar-refractivity contribution in [1.82, 2.24) is 9.97 Å². The third-order valence-corrected chi connectivity index (χ3v) is 4.81. The molecule has 0 radical (unpaired) electrons. The predicted molar refractivity (Wildman–Crippen MR) is 103 cm³/mol. The third-order valence-electron chi connectivity index (χ3n) is 3.90. The molecule has 0 aliphatic rings. The van der Waals surface area contributed by atoms with Crippen LogP contribution in [-0.2, 0) is 11.2 Å². The van der Waals surface area contributed by atoms with Crippen LogP contribution >= 0.6 is 11.3 Å². The number of amides is 1. The number of para-hydroxylation sites is 1. The molecule has 0 aliphatic heterocycles. The van der Waals surface area contributed by atoms with Gasteiger partial charge in [-0.3, -0.25) is 9.78 Å². The maximum atomic E-state index is 12.3. The second-order valence-corrected chi connectivity index (χ2v) is 7.07. The van der Waals surface area contributed by atoms with Gasteiger partial charge in [-0.1, -0.05) is 38.1 Å². The normalized spacial score (nSPS) is 10.8. The number of aryl methyl sites for hydroxylation is 1. The molecule has 1 aromatic carbocycles. The second-order valence-electron chi connectivity index (χ2n) is 6.13. The van der Waals surface area contributed by atoms with Gasteiger partial charge in [0.25, 0.3) is 0 Å². The molecule has 2 aromatic heterocycles. The van der Waals surface area contributed by atoms with Crippen LogP contribution in [0.5, 0.6) is 0 Å². The standard InChI is InChI=1S/C20H21N3OS/c1-14(2)15-7-3-4-8-16(15)22-19(24)10-11-20-23-18(13-25-20)17-9-5-6-12-21-17/h3-9,12-14H,10-11H2,1-2H3,(H,22,24). The molecule has 0 aliphatic carbocycles. The Balaban J connectivity index is 1.59. The molecule has 0 spiro atoms. The van der Waals surface area contributed by atoms with Crippen molar-refractivity contribution in [3.63, 3.8) is 0 Å². The van der Waals surface area contributed by atoms with Gasteiger partial charge in [0.05, 0.1) is 16.4 Å². The van der Waals surface area contributed by atoms with Crippen molar-refractivity contribution >= 4 is 22.9 Å². The van der Waals surface area contributed by atoms with E-state index in [0.29, 0.717) is 18.8 Å². The summed E-state index contributed by atoms with van der Waals surface area (Å²) < 4.78 is 0. The summed E-state index contributed by atoms with van der Waals surface area (Å²) in [5.74, 6) is 0.388. The van der Waals surface area contributed by atoms with E-state index in [1.165, 1.54) is 0 Å². The number of nitrogens with one attached hydrogen (secondary N) is 1. The van der Waals surface area contributed by atoms with E-state index >= 15 is 0 Å². The van der Waals surface area contributed by atoms with Crippen LogP contribution < -0.4 is 5.32 Å². The van der Waals surface area contributed by atoms with Crippen LogP contribution in [0.1, 0.15) is 36.8 Å². The zero-order chi connectivity index (χ0) is 17.6. The van der Waals surface area contributed by atoms with E-state index < -0.39 is 0 Å². The lowest BCUT2D eigenvalue weighted by atomic mass is 10.0. The average Bonchev–Trinajstić information content (AvgIpc) is 3.10. The summed E-state index contributed by atoms with van der Waals surface area (Å²) >= 11 is 1.57. The highest BCUT2D eigenvalue weighted by Crippen LogP contribution is 2.24. The Labute approximate surface area is 152 Å². The molecule has 128 valence electrons. The van der Waals surface area contributed by atoms with E-state index in [1.807, 2.05) is 41.8 Å². The van der Waals surface area contributed by atoms with E-state index in [-0.39, 0.29) is 5.91 Å². The summed E-state index contributed by atoms with van der Waals surface area (Å²) in [6.07, 6.45) is 2.81. The Morgan fingerprint density at radius 3 is 2.68 bits per heavy atom. The number of hydrogen-bond donors (Lipinski definition) is 1. The minimum absolute atomic E-state index is 0.0164. The van der Waals surface area contributed by atoms with Crippen LogP contribution in [0.4, 0.5) is 5.69 Å². The molecule has 2 heterocycles. The van der Waals surface area contributed by atoms with Gasteiger partial charge in [-0.05, 0) is 29.7 Å². The first-order valence-electron chi connectivity index (χ1n) is 8.38. The highest BCUT2D eigenvalue weighted by molar-refractivity contribution is 7.09. The molecule has 4 nitrogen and oxygen atoms in total. The highest BCUT2D eigenvalue weighted by Gasteiger charge is 2.11. The Morgan fingerprint density at radius 2 is 1.92 bits per heavy atom. The van der Waals surface area contributed by atoms with Crippen molar-refractivity contribution < 1.29 is 4.79 Å². The summed E-state index contributed by atoms with van der Waals surface area (Å²) in [5, 5.41) is 5.97. The van der Waals surface area contributed by atoms with Crippen LogP contribution in [0.2, 0.25) is 0 Å². The van der Waals surface area contributed by atoms with Crippen molar-refractivity contribution in [2.45, 2.75) is 32.6 Å². The molecule has 0 unspecified atom stereocenters. The fourth-order valence-electron chi connectivity index (χ4n) is 2.61. The number of aromatic nitrogens is 2. The molecule has 1 N–H and O–H groups in total. The molecular weight excluding hydrogens is 330 g/mol. The van der Waals surface area contributed by atoms with Crippen LogP contribution in [0.25, 0.3) is 11.4 Å². The Bertz CT molecular complexity index is 843. The number of thiazole rings is 1. The van der Waals surface area contributed by atoms with E-state index in [1.54, 1.807) is 17.5 Å². The minimum Gasteiger partial charge on any atom is -0.326 e. The molecule has 0 saturated carbocycles. The summed E-state index contributed by atoms with van der Waals surface area (Å²) in [6, 6.07) is 13.7. The van der Waals surface area contributed by atoms with E-state index in [4.69, 9.17) is 0 Å². The molecule has 1 amide bonds. The lowest BCUT2D eigenvalue weighted by molar-refractivity contribution is -0.116. The van der Waals surface area contributed by atoms with Crippen molar-refractivity contribution in [1.29, 1.82) is 0 Å². The topological polar surface area (TPSA) is 54.9 Å². The predicted octanol–water partition coefficient (Wildman–Crippen LogP) is 4.90. The SMILES string of the molecule is CC(C)c1ccccc1NC(=O)CCc1nc(-c2ccccn2)cs1. The summed E-state index contributed by atoms with van der Waals surface area (Å²) in [5.41, 5.74) is 3.78. The number of carbonyl (C=O) groups is 1. The summed E-state index contributed by atoms with van der Waals surface area (Å²) in [6.45, 7) is 4.25. The van der Waals surface area contributed by atoms with Crippen LogP contribution in [0.3, 0.4) is 0 Å². The number of hydrogen-bond acceptors (Lipinski definition) is 4.